The summed E-state index contributed by atoms with van der Waals surface area (Å²) in [5.41, 5.74) is 2.05. The summed E-state index contributed by atoms with van der Waals surface area (Å²) in [6, 6.07) is 20.9. The molecule has 0 bridgehead atoms. The van der Waals surface area contributed by atoms with Crippen LogP contribution in [-0.4, -0.2) is 57.3 Å². The van der Waals surface area contributed by atoms with Crippen molar-refractivity contribution in [3.8, 4) is 11.5 Å². The summed E-state index contributed by atoms with van der Waals surface area (Å²) in [5.74, 6) is 0.481. The Bertz CT molecular complexity index is 1480. The number of carbonyl (C=O) groups is 2. The molecular weight excluding hydrogens is 578 g/mol. The number of nitrogens with zero attached hydrogens (tertiary/aromatic N) is 2. The Kier molecular flexibility index (Phi) is 10.7. The Labute approximate surface area is 252 Å². The number of rotatable bonds is 14. The number of amides is 2. The zero-order chi connectivity index (χ0) is 30.1. The lowest BCUT2D eigenvalue weighted by atomic mass is 10.0. The van der Waals surface area contributed by atoms with Gasteiger partial charge in [-0.2, -0.15) is 0 Å². The fourth-order valence-electron chi connectivity index (χ4n) is 4.77. The van der Waals surface area contributed by atoms with Crippen LogP contribution in [0.5, 0.6) is 11.5 Å². The minimum Gasteiger partial charge on any atom is -0.454 e. The van der Waals surface area contributed by atoms with Gasteiger partial charge in [-0.05, 0) is 42.2 Å². The monoisotopic (exact) mass is 613 g/mol. The Morgan fingerprint density at radius 3 is 2.43 bits per heavy atom. The van der Waals surface area contributed by atoms with Crippen LogP contribution in [0.4, 0.5) is 5.69 Å². The average molecular weight is 614 g/mol. The number of benzene rings is 3. The van der Waals surface area contributed by atoms with Gasteiger partial charge in [0.2, 0.25) is 28.6 Å². The van der Waals surface area contributed by atoms with Gasteiger partial charge in [0.15, 0.2) is 11.5 Å². The molecular formula is C31H36ClN3O6S. The third kappa shape index (κ3) is 8.17. The Balaban J connectivity index is 1.57. The van der Waals surface area contributed by atoms with Gasteiger partial charge >= 0.3 is 0 Å². The summed E-state index contributed by atoms with van der Waals surface area (Å²) in [5, 5.41) is 3.44. The van der Waals surface area contributed by atoms with Gasteiger partial charge in [-0.25, -0.2) is 8.42 Å². The van der Waals surface area contributed by atoms with E-state index in [1.807, 2.05) is 55.5 Å². The van der Waals surface area contributed by atoms with Crippen LogP contribution >= 0.6 is 11.6 Å². The molecule has 1 atom stereocenters. The highest BCUT2D eigenvalue weighted by Crippen LogP contribution is 2.36. The zero-order valence-corrected chi connectivity index (χ0v) is 25.4. The van der Waals surface area contributed by atoms with Crippen LogP contribution in [0.25, 0.3) is 0 Å². The minimum atomic E-state index is -3.66. The maximum absolute atomic E-state index is 13.9. The molecule has 1 heterocycles. The van der Waals surface area contributed by atoms with Gasteiger partial charge in [0.25, 0.3) is 0 Å². The molecule has 9 nitrogen and oxygen atoms in total. The summed E-state index contributed by atoms with van der Waals surface area (Å²) >= 11 is 6.47. The van der Waals surface area contributed by atoms with Crippen molar-refractivity contribution in [1.82, 2.24) is 10.2 Å². The number of hydrogen-bond acceptors (Lipinski definition) is 6. The summed E-state index contributed by atoms with van der Waals surface area (Å²) in [7, 11) is -3.66. The predicted octanol–water partition coefficient (Wildman–Crippen LogP) is 4.78. The standard InChI is InChI=1S/C31H36ClN3O6S/c1-3-17-33-31(37)27(19-23-10-5-4-6-11-23)34(21-24-12-7-8-13-26(24)32)30(36)14-9-18-35(42(2,38)39)25-15-16-28-29(20-25)41-22-40-28/h4-8,10-13,15-16,20,27H,3,9,14,17-19,21-22H2,1-2H3,(H,33,37)/t27-/m0/s1. The third-order valence-electron chi connectivity index (χ3n) is 6.92. The summed E-state index contributed by atoms with van der Waals surface area (Å²) in [4.78, 5) is 28.9. The summed E-state index contributed by atoms with van der Waals surface area (Å²) in [6.07, 6.45) is 2.45. The molecule has 3 aromatic rings. The number of carbonyl (C=O) groups excluding carboxylic acids is 2. The van der Waals surface area contributed by atoms with Crippen molar-refractivity contribution in [2.45, 2.75) is 45.2 Å². The first-order valence-corrected chi connectivity index (χ1v) is 16.1. The smallest absolute Gasteiger partial charge is 0.243 e. The van der Waals surface area contributed by atoms with Gasteiger partial charge in [0.05, 0.1) is 11.9 Å². The second kappa shape index (κ2) is 14.4. The second-order valence-electron chi connectivity index (χ2n) is 10.1. The second-order valence-corrected chi connectivity index (χ2v) is 12.4. The number of hydrogen-bond donors (Lipinski definition) is 1. The molecule has 3 aromatic carbocycles. The number of halogens is 1. The van der Waals surface area contributed by atoms with E-state index < -0.39 is 16.1 Å². The van der Waals surface area contributed by atoms with Gasteiger partial charge in [-0.15, -0.1) is 0 Å². The van der Waals surface area contributed by atoms with Gasteiger partial charge in [-0.3, -0.25) is 13.9 Å². The van der Waals surface area contributed by atoms with E-state index >= 15 is 0 Å². The van der Waals surface area contributed by atoms with Crippen molar-refractivity contribution in [3.63, 3.8) is 0 Å². The molecule has 0 aliphatic carbocycles. The van der Waals surface area contributed by atoms with Crippen LogP contribution in [0.3, 0.4) is 0 Å². The van der Waals surface area contributed by atoms with E-state index in [-0.39, 0.29) is 44.5 Å². The normalized spacial score (nSPS) is 12.9. The maximum atomic E-state index is 13.9. The average Bonchev–Trinajstić information content (AvgIpc) is 3.44. The van der Waals surface area contributed by atoms with Crippen LogP contribution in [0.1, 0.15) is 37.3 Å². The van der Waals surface area contributed by atoms with Crippen molar-refractivity contribution < 1.29 is 27.5 Å². The van der Waals surface area contributed by atoms with Crippen molar-refractivity contribution in [1.29, 1.82) is 0 Å². The van der Waals surface area contributed by atoms with E-state index in [2.05, 4.69) is 5.32 Å². The molecule has 0 unspecified atom stereocenters. The molecule has 1 aliphatic rings. The summed E-state index contributed by atoms with van der Waals surface area (Å²) in [6.45, 7) is 2.72. The van der Waals surface area contributed by atoms with Crippen LogP contribution in [0.2, 0.25) is 5.02 Å². The van der Waals surface area contributed by atoms with Crippen molar-refractivity contribution in [2.24, 2.45) is 0 Å². The highest BCUT2D eigenvalue weighted by Gasteiger charge is 2.31. The predicted molar refractivity (Wildman–Crippen MR) is 163 cm³/mol. The highest BCUT2D eigenvalue weighted by molar-refractivity contribution is 7.92. The molecule has 0 spiro atoms. The zero-order valence-electron chi connectivity index (χ0n) is 23.8. The fraction of sp³-hybridized carbons (Fsp3) is 0.355. The fourth-order valence-corrected chi connectivity index (χ4v) is 5.93. The maximum Gasteiger partial charge on any atom is 0.243 e. The number of fused-ring (bicyclic) bond motifs is 1. The lowest BCUT2D eigenvalue weighted by Crippen LogP contribution is -2.50. The van der Waals surface area contributed by atoms with Crippen molar-refractivity contribution in [2.75, 3.05) is 30.4 Å². The largest absolute Gasteiger partial charge is 0.454 e. The first kappa shape index (κ1) is 31.2. The molecule has 0 saturated carbocycles. The Morgan fingerprint density at radius 2 is 1.71 bits per heavy atom. The van der Waals surface area contributed by atoms with E-state index in [1.54, 1.807) is 29.2 Å². The van der Waals surface area contributed by atoms with E-state index in [4.69, 9.17) is 21.1 Å². The van der Waals surface area contributed by atoms with Gasteiger partial charge in [0, 0.05) is 43.6 Å². The topological polar surface area (TPSA) is 105 Å². The first-order chi connectivity index (χ1) is 20.2. The molecule has 224 valence electrons. The number of anilines is 1. The SMILES string of the molecule is CCCNC(=O)[C@H](Cc1ccccc1)N(Cc1ccccc1Cl)C(=O)CCCN(c1ccc2c(c1)OCO2)S(C)(=O)=O. The van der Waals surface area contributed by atoms with Crippen LogP contribution in [-0.2, 0) is 32.6 Å². The molecule has 42 heavy (non-hydrogen) atoms. The molecule has 2 amide bonds. The highest BCUT2D eigenvalue weighted by atomic mass is 35.5. The van der Waals surface area contributed by atoms with Crippen LogP contribution in [0.15, 0.2) is 72.8 Å². The van der Waals surface area contributed by atoms with Crippen molar-refractivity contribution in [3.05, 3.63) is 88.9 Å². The van der Waals surface area contributed by atoms with Gasteiger partial charge in [0.1, 0.15) is 6.04 Å². The molecule has 1 aliphatic heterocycles. The molecule has 1 N–H and O–H groups in total. The van der Waals surface area contributed by atoms with E-state index in [1.165, 1.54) is 4.31 Å². The molecule has 11 heteroatoms. The van der Waals surface area contributed by atoms with E-state index in [9.17, 15) is 18.0 Å². The number of nitrogens with one attached hydrogen (secondary N) is 1. The number of sulfonamides is 1. The molecule has 4 rings (SSSR count). The first-order valence-electron chi connectivity index (χ1n) is 13.9. The van der Waals surface area contributed by atoms with E-state index in [0.717, 1.165) is 18.2 Å². The lowest BCUT2D eigenvalue weighted by molar-refractivity contribution is -0.141. The van der Waals surface area contributed by atoms with Gasteiger partial charge < -0.3 is 19.7 Å². The van der Waals surface area contributed by atoms with E-state index in [0.29, 0.717) is 40.7 Å². The number of ether oxygens (including phenoxy) is 2. The third-order valence-corrected chi connectivity index (χ3v) is 8.48. The minimum absolute atomic E-state index is 0.0212. The van der Waals surface area contributed by atoms with Gasteiger partial charge in [-0.1, -0.05) is 67.1 Å². The molecule has 0 aromatic heterocycles. The molecule has 0 fully saturated rings. The Hall–Kier alpha value is -3.76. The van der Waals surface area contributed by atoms with Crippen LogP contribution < -0.4 is 19.1 Å². The summed E-state index contributed by atoms with van der Waals surface area (Å²) < 4.78 is 37.4. The lowest BCUT2D eigenvalue weighted by Gasteiger charge is -2.32. The van der Waals surface area contributed by atoms with Crippen LogP contribution in [0, 0.1) is 0 Å². The molecule has 0 saturated heterocycles. The quantitative estimate of drug-likeness (QED) is 0.281. The Morgan fingerprint density at radius 1 is 1.00 bits per heavy atom. The van der Waals surface area contributed by atoms with Crippen molar-refractivity contribution >= 4 is 39.1 Å². The molecule has 0 radical (unpaired) electrons.